The van der Waals surface area contributed by atoms with Crippen molar-refractivity contribution >= 4 is 16.7 Å². The van der Waals surface area contributed by atoms with Crippen molar-refractivity contribution in [2.75, 3.05) is 32.8 Å². The zero-order chi connectivity index (χ0) is 26.6. The number of hydrogen-bond acceptors (Lipinski definition) is 7. The second kappa shape index (κ2) is 11.4. The first-order valence-corrected chi connectivity index (χ1v) is 12.7. The van der Waals surface area contributed by atoms with Gasteiger partial charge in [0.05, 0.1) is 6.04 Å². The lowest BCUT2D eigenvalue weighted by atomic mass is 9.98. The van der Waals surface area contributed by atoms with Gasteiger partial charge in [-0.3, -0.25) is 4.79 Å². The standard InChI is InChI=1S/C28H29F2N3O5/c29-21-6-5-18-12-17(2-4-19(18)13-21)3-7-23(32-36)28(35)31-24(16-33-8-1-9-33)26(34)20-14-22(30)27-25(15-20)37-10-11-38-27/h2,4-6,12-15,23-24,26,34H,1,3,7-11,16H2,(H,31,35). The Hall–Kier alpha value is -3.63. The van der Waals surface area contributed by atoms with Crippen LogP contribution < -0.4 is 14.8 Å². The summed E-state index contributed by atoms with van der Waals surface area (Å²) < 4.78 is 38.9. The maximum Gasteiger partial charge on any atom is 0.248 e. The molecule has 0 aromatic heterocycles. The van der Waals surface area contributed by atoms with E-state index >= 15 is 0 Å². The molecule has 8 nitrogen and oxygen atoms in total. The van der Waals surface area contributed by atoms with Crippen molar-refractivity contribution in [2.45, 2.75) is 37.5 Å². The molecule has 3 unspecified atom stereocenters. The van der Waals surface area contributed by atoms with Gasteiger partial charge in [0.25, 0.3) is 0 Å². The Bertz CT molecular complexity index is 1330. The normalized spacial score (nSPS) is 17.3. The monoisotopic (exact) mass is 525 g/mol. The number of ether oxygens (including phenoxy) is 2. The van der Waals surface area contributed by atoms with Crippen LogP contribution in [-0.4, -0.2) is 60.8 Å². The van der Waals surface area contributed by atoms with Crippen molar-refractivity contribution in [1.82, 2.24) is 10.2 Å². The molecular formula is C28H29F2N3O5. The van der Waals surface area contributed by atoms with Gasteiger partial charge in [-0.1, -0.05) is 29.4 Å². The number of aryl methyl sites for hydroxylation is 1. The summed E-state index contributed by atoms with van der Waals surface area (Å²) in [5.74, 6) is -1.38. The first-order valence-electron chi connectivity index (χ1n) is 12.7. The van der Waals surface area contributed by atoms with Crippen molar-refractivity contribution in [2.24, 2.45) is 5.18 Å². The number of nitrogens with zero attached hydrogens (tertiary/aromatic N) is 2. The molecule has 0 aliphatic carbocycles. The molecule has 0 bridgehead atoms. The van der Waals surface area contributed by atoms with Crippen molar-refractivity contribution in [1.29, 1.82) is 0 Å². The molecule has 10 heteroatoms. The summed E-state index contributed by atoms with van der Waals surface area (Å²) in [6, 6.07) is 10.7. The van der Waals surface area contributed by atoms with Crippen LogP contribution in [-0.2, 0) is 11.2 Å². The Morgan fingerprint density at radius 3 is 2.58 bits per heavy atom. The summed E-state index contributed by atoms with van der Waals surface area (Å²) in [5.41, 5.74) is 1.12. The SMILES string of the molecule is O=NC(CCc1ccc2cc(F)ccc2c1)C(=O)NC(CN1CCC1)C(O)c1cc(F)c2c(c1)OCCO2. The number of aliphatic hydroxyl groups excluding tert-OH is 1. The maximum absolute atomic E-state index is 14.6. The zero-order valence-corrected chi connectivity index (χ0v) is 20.7. The third-order valence-electron chi connectivity index (χ3n) is 7.08. The van der Waals surface area contributed by atoms with E-state index in [0.29, 0.717) is 13.0 Å². The van der Waals surface area contributed by atoms with Crippen LogP contribution in [0.5, 0.6) is 11.5 Å². The molecule has 1 saturated heterocycles. The number of halogens is 2. The molecule has 3 atom stereocenters. The summed E-state index contributed by atoms with van der Waals surface area (Å²) in [5, 5.41) is 18.6. The molecule has 2 N–H and O–H groups in total. The Balaban J connectivity index is 1.28. The van der Waals surface area contributed by atoms with Crippen LogP contribution >= 0.6 is 0 Å². The minimum absolute atomic E-state index is 0.000396. The minimum Gasteiger partial charge on any atom is -0.486 e. The highest BCUT2D eigenvalue weighted by molar-refractivity contribution is 5.83. The third kappa shape index (κ3) is 5.76. The number of carbonyl (C=O) groups is 1. The predicted octanol–water partition coefficient (Wildman–Crippen LogP) is 3.88. The highest BCUT2D eigenvalue weighted by atomic mass is 19.1. The Morgan fingerprint density at radius 2 is 1.82 bits per heavy atom. The van der Waals surface area contributed by atoms with Gasteiger partial charge in [0.2, 0.25) is 5.91 Å². The van der Waals surface area contributed by atoms with Crippen LogP contribution in [0.1, 0.15) is 30.1 Å². The van der Waals surface area contributed by atoms with E-state index < -0.39 is 29.9 Å². The summed E-state index contributed by atoms with van der Waals surface area (Å²) in [4.78, 5) is 26.8. The molecule has 1 amide bonds. The number of nitroso groups, excluding NO2 is 1. The van der Waals surface area contributed by atoms with Crippen LogP contribution in [0.3, 0.4) is 0 Å². The maximum atomic E-state index is 14.6. The number of benzene rings is 3. The molecular weight excluding hydrogens is 496 g/mol. The van der Waals surface area contributed by atoms with Gasteiger partial charge in [-0.05, 0) is 78.5 Å². The first kappa shape index (κ1) is 26.0. The van der Waals surface area contributed by atoms with E-state index in [4.69, 9.17) is 9.47 Å². The molecule has 2 aliphatic heterocycles. The molecule has 38 heavy (non-hydrogen) atoms. The molecule has 200 valence electrons. The topological polar surface area (TPSA) is 100 Å². The number of amides is 1. The molecule has 1 fully saturated rings. The lowest BCUT2D eigenvalue weighted by molar-refractivity contribution is -0.124. The van der Waals surface area contributed by atoms with Gasteiger partial charge in [0, 0.05) is 6.54 Å². The fraction of sp³-hybridized carbons (Fsp3) is 0.393. The average molecular weight is 526 g/mol. The van der Waals surface area contributed by atoms with Gasteiger partial charge >= 0.3 is 0 Å². The molecule has 3 aromatic carbocycles. The Kier molecular flexibility index (Phi) is 7.80. The van der Waals surface area contributed by atoms with E-state index in [-0.39, 0.29) is 42.5 Å². The Labute approximate surface area is 218 Å². The highest BCUT2D eigenvalue weighted by Crippen LogP contribution is 2.36. The van der Waals surface area contributed by atoms with Gasteiger partial charge in [0.15, 0.2) is 23.4 Å². The Morgan fingerprint density at radius 1 is 1.05 bits per heavy atom. The lowest BCUT2D eigenvalue weighted by Gasteiger charge is -2.36. The van der Waals surface area contributed by atoms with Crippen LogP contribution in [0.15, 0.2) is 53.7 Å². The fourth-order valence-corrected chi connectivity index (χ4v) is 4.84. The number of hydrogen-bond donors (Lipinski definition) is 2. The van der Waals surface area contributed by atoms with Gasteiger partial charge in [-0.15, -0.1) is 4.91 Å². The second-order valence-electron chi connectivity index (χ2n) is 9.73. The summed E-state index contributed by atoms with van der Waals surface area (Å²) in [6.07, 6.45) is 0.321. The number of nitrogens with one attached hydrogen (secondary N) is 1. The van der Waals surface area contributed by atoms with Crippen molar-refractivity contribution < 1.29 is 28.2 Å². The van der Waals surface area contributed by atoms with Crippen LogP contribution in [0.4, 0.5) is 8.78 Å². The number of carbonyl (C=O) groups excluding carboxylic acids is 1. The van der Waals surface area contributed by atoms with Crippen LogP contribution in [0, 0.1) is 16.5 Å². The minimum atomic E-state index is -1.25. The molecule has 2 heterocycles. The number of fused-ring (bicyclic) bond motifs is 2. The van der Waals surface area contributed by atoms with Crippen LogP contribution in [0.2, 0.25) is 0 Å². The molecule has 5 rings (SSSR count). The van der Waals surface area contributed by atoms with Crippen molar-refractivity contribution in [3.8, 4) is 11.5 Å². The highest BCUT2D eigenvalue weighted by Gasteiger charge is 2.32. The summed E-state index contributed by atoms with van der Waals surface area (Å²) in [7, 11) is 0. The van der Waals surface area contributed by atoms with E-state index in [9.17, 15) is 23.6 Å². The van der Waals surface area contributed by atoms with Gasteiger partial charge < -0.3 is 24.8 Å². The molecule has 0 saturated carbocycles. The third-order valence-corrected chi connectivity index (χ3v) is 7.08. The van der Waals surface area contributed by atoms with Crippen molar-refractivity contribution in [3.05, 3.63) is 76.2 Å². The van der Waals surface area contributed by atoms with E-state index in [2.05, 4.69) is 15.4 Å². The van der Waals surface area contributed by atoms with Crippen LogP contribution in [0.25, 0.3) is 10.8 Å². The molecule has 0 spiro atoms. The van der Waals surface area contributed by atoms with Crippen molar-refractivity contribution in [3.63, 3.8) is 0 Å². The molecule has 0 radical (unpaired) electrons. The van der Waals surface area contributed by atoms with Gasteiger partial charge in [-0.25, -0.2) is 8.78 Å². The summed E-state index contributed by atoms with van der Waals surface area (Å²) >= 11 is 0. The van der Waals surface area contributed by atoms with E-state index in [1.54, 1.807) is 12.1 Å². The van der Waals surface area contributed by atoms with E-state index in [0.717, 1.165) is 35.8 Å². The van der Waals surface area contributed by atoms with E-state index in [1.807, 2.05) is 12.1 Å². The van der Waals surface area contributed by atoms with E-state index in [1.165, 1.54) is 24.3 Å². The molecule has 2 aliphatic rings. The number of likely N-dealkylation sites (tertiary alicyclic amines) is 1. The largest absolute Gasteiger partial charge is 0.486 e. The smallest absolute Gasteiger partial charge is 0.248 e. The predicted molar refractivity (Wildman–Crippen MR) is 137 cm³/mol. The number of rotatable bonds is 10. The summed E-state index contributed by atoms with van der Waals surface area (Å²) in [6.45, 7) is 2.46. The quantitative estimate of drug-likeness (QED) is 0.390. The zero-order valence-electron chi connectivity index (χ0n) is 20.7. The second-order valence-corrected chi connectivity index (χ2v) is 9.73. The molecule has 3 aromatic rings. The van der Waals surface area contributed by atoms with Gasteiger partial charge in [-0.2, -0.15) is 0 Å². The van der Waals surface area contributed by atoms with Gasteiger partial charge in [0.1, 0.15) is 25.1 Å². The first-order chi connectivity index (χ1) is 18.4. The average Bonchev–Trinajstić information content (AvgIpc) is 2.89. The fourth-order valence-electron chi connectivity index (χ4n) is 4.84. The number of aliphatic hydroxyl groups is 1. The lowest BCUT2D eigenvalue weighted by Crippen LogP contribution is -2.52.